The molecule has 6 heteroatoms. The van der Waals surface area contributed by atoms with Gasteiger partial charge in [0.25, 0.3) is 0 Å². The molecule has 0 bridgehead atoms. The minimum absolute atomic E-state index is 0.424. The number of fused-ring (bicyclic) bond motifs is 18. The second kappa shape index (κ2) is 15.1. The van der Waals surface area contributed by atoms with Gasteiger partial charge in [0.2, 0.25) is 0 Å². The summed E-state index contributed by atoms with van der Waals surface area (Å²) in [6.45, 7) is 0. The number of nitriles is 2. The highest BCUT2D eigenvalue weighted by Gasteiger charge is 2.35. The van der Waals surface area contributed by atoms with Crippen LogP contribution >= 0.6 is 0 Å². The second-order valence-electron chi connectivity index (χ2n) is 19.3. The van der Waals surface area contributed by atoms with E-state index in [2.05, 4.69) is 261 Å². The Morgan fingerprint density at radius 1 is 0.216 bits per heavy atom. The van der Waals surface area contributed by atoms with Gasteiger partial charge >= 0.3 is 0 Å². The topological polar surface area (TPSA) is 67.3 Å². The molecular formula is C68H38N6. The minimum atomic E-state index is 0.424. The van der Waals surface area contributed by atoms with Crippen LogP contribution in [0.2, 0.25) is 0 Å². The summed E-state index contributed by atoms with van der Waals surface area (Å²) in [5.41, 5.74) is 10.8. The van der Waals surface area contributed by atoms with E-state index in [-0.39, 0.29) is 0 Å². The van der Waals surface area contributed by atoms with E-state index >= 15 is 0 Å². The first-order valence-electron chi connectivity index (χ1n) is 25.0. The van der Waals surface area contributed by atoms with Gasteiger partial charge in [-0.05, 0) is 46.5 Å². The van der Waals surface area contributed by atoms with E-state index in [4.69, 9.17) is 0 Å². The third kappa shape index (κ3) is 5.20. The summed E-state index contributed by atoms with van der Waals surface area (Å²) in [5, 5.41) is 40.4. The average molecular weight is 939 g/mol. The van der Waals surface area contributed by atoms with Crippen molar-refractivity contribution in [2.24, 2.45) is 0 Å². The molecule has 0 saturated heterocycles. The Bertz CT molecular complexity index is 5180. The fraction of sp³-hybridized carbons (Fsp3) is 0. The van der Waals surface area contributed by atoms with Gasteiger partial charge in [0.1, 0.15) is 23.3 Å². The Morgan fingerprint density at radius 2 is 0.446 bits per heavy atom. The maximum absolute atomic E-state index is 12.9. The molecule has 0 aliphatic heterocycles. The number of benzene rings is 12. The van der Waals surface area contributed by atoms with Crippen LogP contribution in [-0.4, -0.2) is 18.3 Å². The third-order valence-electron chi connectivity index (χ3n) is 15.8. The Hall–Kier alpha value is -10.4. The number of nitrogens with zero attached hydrogens (tertiary/aromatic N) is 6. The standard InChI is InChI=1S/C68H38N6/c69-39-55-65(71-57-28-12-7-23-47(57)48-24-8-13-29-58(48)71)66(72-59-30-14-9-25-49(59)52-36-33-41-17-1-4-20-44(41)62(52)72)56(40-70)68(74-61-32-16-11-27-51(61)54-38-35-43-19-3-6-22-46(43)64(54)74)67(55)73-60-31-15-10-26-50(60)53-37-34-42-18-2-5-21-45(42)63(53)73/h1-38H. The molecule has 0 spiro atoms. The fourth-order valence-electron chi connectivity index (χ4n) is 12.8. The summed E-state index contributed by atoms with van der Waals surface area (Å²) >= 11 is 0. The molecule has 0 saturated carbocycles. The lowest BCUT2D eigenvalue weighted by Crippen LogP contribution is -2.17. The van der Waals surface area contributed by atoms with Crippen molar-refractivity contribution < 1.29 is 0 Å². The SMILES string of the molecule is N#Cc1c(-n2c3ccccc3c3ccccc32)c(-n2c3ccccc3c3ccc4ccccc4c32)c(C#N)c(-n2c3ccccc3c3ccc4ccccc4c32)c1-n1c2ccccc2c2ccc3ccccc3c21. The predicted octanol–water partition coefficient (Wildman–Crippen LogP) is 17.3. The van der Waals surface area contributed by atoms with Crippen molar-refractivity contribution in [3.8, 4) is 34.9 Å². The van der Waals surface area contributed by atoms with Gasteiger partial charge in [-0.2, -0.15) is 10.5 Å². The number of hydrogen-bond donors (Lipinski definition) is 0. The van der Waals surface area contributed by atoms with Crippen LogP contribution in [0.15, 0.2) is 231 Å². The molecule has 6 nitrogen and oxygen atoms in total. The first kappa shape index (κ1) is 40.3. The highest BCUT2D eigenvalue weighted by Crippen LogP contribution is 2.50. The van der Waals surface area contributed by atoms with Crippen molar-refractivity contribution in [3.05, 3.63) is 242 Å². The van der Waals surface area contributed by atoms with E-state index in [1.165, 1.54) is 0 Å². The molecule has 0 amide bonds. The van der Waals surface area contributed by atoms with Gasteiger partial charge in [0.15, 0.2) is 0 Å². The third-order valence-corrected chi connectivity index (χ3v) is 15.8. The van der Waals surface area contributed by atoms with E-state index in [0.717, 1.165) is 120 Å². The predicted molar refractivity (Wildman–Crippen MR) is 306 cm³/mol. The molecule has 0 unspecified atom stereocenters. The van der Waals surface area contributed by atoms with Crippen LogP contribution in [-0.2, 0) is 0 Å². The molecular weight excluding hydrogens is 901 g/mol. The molecule has 12 aromatic carbocycles. The molecule has 4 aromatic heterocycles. The van der Waals surface area contributed by atoms with Crippen molar-refractivity contribution in [3.63, 3.8) is 0 Å². The van der Waals surface area contributed by atoms with Crippen molar-refractivity contribution in [2.45, 2.75) is 0 Å². The Balaban J connectivity index is 1.27. The van der Waals surface area contributed by atoms with Crippen molar-refractivity contribution >= 4 is 120 Å². The molecule has 74 heavy (non-hydrogen) atoms. The highest BCUT2D eigenvalue weighted by molar-refractivity contribution is 6.23. The number of hydrogen-bond acceptors (Lipinski definition) is 2. The quantitative estimate of drug-likeness (QED) is 0.176. The summed E-state index contributed by atoms with van der Waals surface area (Å²) in [6, 6.07) is 87.2. The van der Waals surface area contributed by atoms with Crippen LogP contribution in [0.1, 0.15) is 11.1 Å². The lowest BCUT2D eigenvalue weighted by Gasteiger charge is -2.27. The first-order chi connectivity index (χ1) is 36.7. The first-order valence-corrected chi connectivity index (χ1v) is 25.0. The fourth-order valence-corrected chi connectivity index (χ4v) is 12.8. The summed E-state index contributed by atoms with van der Waals surface area (Å²) in [5.74, 6) is 0. The van der Waals surface area contributed by atoms with Crippen LogP contribution in [0, 0.1) is 22.7 Å². The molecule has 0 fully saturated rings. The Labute approximate surface area is 422 Å². The summed E-state index contributed by atoms with van der Waals surface area (Å²) in [7, 11) is 0. The van der Waals surface area contributed by atoms with Crippen molar-refractivity contribution in [1.29, 1.82) is 10.5 Å². The van der Waals surface area contributed by atoms with Crippen LogP contribution in [0.3, 0.4) is 0 Å². The van der Waals surface area contributed by atoms with Crippen molar-refractivity contribution in [2.75, 3.05) is 0 Å². The molecule has 16 aromatic rings. The maximum atomic E-state index is 12.9. The summed E-state index contributed by atoms with van der Waals surface area (Å²) in [6.07, 6.45) is 0. The van der Waals surface area contributed by atoms with Gasteiger partial charge in [-0.15, -0.1) is 0 Å². The largest absolute Gasteiger partial charge is 0.306 e. The van der Waals surface area contributed by atoms with Crippen LogP contribution in [0.4, 0.5) is 0 Å². The normalized spacial score (nSPS) is 12.0. The Morgan fingerprint density at radius 3 is 0.743 bits per heavy atom. The molecule has 340 valence electrons. The summed E-state index contributed by atoms with van der Waals surface area (Å²) < 4.78 is 9.21. The highest BCUT2D eigenvalue weighted by atomic mass is 15.1. The molecule has 16 rings (SSSR count). The van der Waals surface area contributed by atoms with E-state index in [0.29, 0.717) is 33.9 Å². The van der Waals surface area contributed by atoms with Crippen LogP contribution < -0.4 is 0 Å². The minimum Gasteiger partial charge on any atom is -0.306 e. The Kier molecular flexibility index (Phi) is 8.21. The zero-order valence-corrected chi connectivity index (χ0v) is 39.6. The van der Waals surface area contributed by atoms with E-state index in [1.807, 2.05) is 0 Å². The van der Waals surface area contributed by atoms with Gasteiger partial charge in [-0.1, -0.05) is 200 Å². The van der Waals surface area contributed by atoms with E-state index < -0.39 is 0 Å². The second-order valence-corrected chi connectivity index (χ2v) is 19.3. The van der Waals surface area contributed by atoms with Crippen LogP contribution in [0.25, 0.3) is 142 Å². The molecule has 0 atom stereocenters. The zero-order chi connectivity index (χ0) is 48.8. The van der Waals surface area contributed by atoms with Gasteiger partial charge in [0.05, 0.1) is 66.9 Å². The summed E-state index contributed by atoms with van der Waals surface area (Å²) in [4.78, 5) is 0. The molecule has 0 aliphatic rings. The molecule has 0 N–H and O–H groups in total. The zero-order valence-electron chi connectivity index (χ0n) is 39.6. The number of aromatic nitrogens is 4. The van der Waals surface area contributed by atoms with Gasteiger partial charge in [-0.3, -0.25) is 0 Å². The van der Waals surface area contributed by atoms with E-state index in [1.54, 1.807) is 0 Å². The van der Waals surface area contributed by atoms with Gasteiger partial charge in [-0.25, -0.2) is 0 Å². The number of rotatable bonds is 4. The monoisotopic (exact) mass is 938 g/mol. The van der Waals surface area contributed by atoms with Crippen molar-refractivity contribution in [1.82, 2.24) is 18.3 Å². The molecule has 0 radical (unpaired) electrons. The van der Waals surface area contributed by atoms with Gasteiger partial charge < -0.3 is 18.3 Å². The molecule has 0 aliphatic carbocycles. The number of para-hydroxylation sites is 5. The smallest absolute Gasteiger partial charge is 0.104 e. The lowest BCUT2D eigenvalue weighted by molar-refractivity contribution is 1.03. The van der Waals surface area contributed by atoms with Gasteiger partial charge in [0, 0.05) is 59.2 Å². The van der Waals surface area contributed by atoms with E-state index in [9.17, 15) is 10.5 Å². The lowest BCUT2D eigenvalue weighted by atomic mass is 9.98. The maximum Gasteiger partial charge on any atom is 0.104 e. The van der Waals surface area contributed by atoms with Crippen LogP contribution in [0.5, 0.6) is 0 Å². The molecule has 4 heterocycles. The average Bonchev–Trinajstić information content (AvgIpc) is 4.26.